The number of hydrogen-bond donors (Lipinski definition) is 1. The first-order chi connectivity index (χ1) is 3.43. The molecular weight excluding hydrogens is 92.1 g/mol. The van der Waals surface area contributed by atoms with Crippen LogP contribution in [-0.2, 0) is 0 Å². The molecular formula is C3H6N4. The van der Waals surface area contributed by atoms with Crippen molar-refractivity contribution < 1.29 is 0 Å². The zero-order valence-electron chi connectivity index (χ0n) is 3.83. The minimum Gasteiger partial charge on any atom is -0.316 e. The van der Waals surface area contributed by atoms with Gasteiger partial charge in [0, 0.05) is 18.0 Å². The number of rotatable bonds is 1. The van der Waals surface area contributed by atoms with Gasteiger partial charge in [0.05, 0.1) is 6.04 Å². The summed E-state index contributed by atoms with van der Waals surface area (Å²) in [6, 6.07) is 0.227. The summed E-state index contributed by atoms with van der Waals surface area (Å²) >= 11 is 0. The van der Waals surface area contributed by atoms with Crippen LogP contribution >= 0.6 is 0 Å². The van der Waals surface area contributed by atoms with Gasteiger partial charge >= 0.3 is 0 Å². The fourth-order valence-electron chi connectivity index (χ4n) is 0.428. The minimum absolute atomic E-state index is 0.227. The molecule has 0 spiro atoms. The van der Waals surface area contributed by atoms with E-state index in [-0.39, 0.29) is 6.04 Å². The van der Waals surface area contributed by atoms with Crippen molar-refractivity contribution >= 4 is 0 Å². The quantitative estimate of drug-likeness (QED) is 0.285. The summed E-state index contributed by atoms with van der Waals surface area (Å²) in [5.41, 5.74) is 7.83. The summed E-state index contributed by atoms with van der Waals surface area (Å²) in [6.07, 6.45) is 0. The lowest BCUT2D eigenvalue weighted by atomic mass is 10.2. The van der Waals surface area contributed by atoms with Gasteiger partial charge in [-0.1, -0.05) is 5.11 Å². The van der Waals surface area contributed by atoms with Crippen LogP contribution in [0.2, 0.25) is 0 Å². The van der Waals surface area contributed by atoms with Crippen molar-refractivity contribution in [2.45, 2.75) is 6.04 Å². The first kappa shape index (κ1) is 4.43. The van der Waals surface area contributed by atoms with E-state index in [2.05, 4.69) is 15.3 Å². The Bertz CT molecular complexity index is 99.5. The van der Waals surface area contributed by atoms with Gasteiger partial charge in [-0.2, -0.15) is 0 Å². The van der Waals surface area contributed by atoms with Gasteiger partial charge in [-0.15, -0.1) is 0 Å². The highest BCUT2D eigenvalue weighted by Crippen LogP contribution is 1.95. The molecule has 1 N–H and O–H groups in total. The first-order valence-electron chi connectivity index (χ1n) is 2.18. The average molecular weight is 98.1 g/mol. The topological polar surface area (TPSA) is 60.8 Å². The number of nitrogens with one attached hydrogen (secondary N) is 1. The van der Waals surface area contributed by atoms with Gasteiger partial charge in [0.1, 0.15) is 0 Å². The Morgan fingerprint density at radius 1 is 1.71 bits per heavy atom. The summed E-state index contributed by atoms with van der Waals surface area (Å²) in [5.74, 6) is 0. The molecule has 0 radical (unpaired) electrons. The maximum atomic E-state index is 7.83. The standard InChI is InChI=1S/C3H6N4/c4-7-6-3-1-5-2-3/h3,5H,1-2H2. The zero-order valence-corrected chi connectivity index (χ0v) is 3.83. The second kappa shape index (κ2) is 1.82. The Morgan fingerprint density at radius 2 is 2.43 bits per heavy atom. The third-order valence-corrected chi connectivity index (χ3v) is 0.975. The van der Waals surface area contributed by atoms with Gasteiger partial charge in [-0.05, 0) is 5.53 Å². The molecule has 0 aliphatic carbocycles. The highest BCUT2D eigenvalue weighted by Gasteiger charge is 2.12. The first-order valence-corrected chi connectivity index (χ1v) is 2.18. The molecule has 4 heteroatoms. The molecule has 0 atom stereocenters. The molecule has 0 bridgehead atoms. The van der Waals surface area contributed by atoms with E-state index in [9.17, 15) is 0 Å². The summed E-state index contributed by atoms with van der Waals surface area (Å²) in [6.45, 7) is 1.70. The van der Waals surface area contributed by atoms with Crippen molar-refractivity contribution in [2.24, 2.45) is 5.11 Å². The molecule has 0 aromatic carbocycles. The van der Waals surface area contributed by atoms with Gasteiger partial charge in [-0.3, -0.25) is 0 Å². The SMILES string of the molecule is [N-]=[N+]=NC1CNC1. The highest BCUT2D eigenvalue weighted by atomic mass is 15.2. The van der Waals surface area contributed by atoms with Crippen molar-refractivity contribution in [1.82, 2.24) is 5.32 Å². The van der Waals surface area contributed by atoms with E-state index in [1.54, 1.807) is 0 Å². The number of azide groups is 1. The van der Waals surface area contributed by atoms with Crippen LogP contribution in [0, 0.1) is 0 Å². The molecule has 0 aromatic heterocycles. The Kier molecular flexibility index (Phi) is 1.15. The van der Waals surface area contributed by atoms with Crippen LogP contribution in [-0.4, -0.2) is 19.1 Å². The lowest BCUT2D eigenvalue weighted by Crippen LogP contribution is -2.45. The lowest BCUT2D eigenvalue weighted by Gasteiger charge is -2.21. The summed E-state index contributed by atoms with van der Waals surface area (Å²) in [5, 5.41) is 6.43. The van der Waals surface area contributed by atoms with Crippen molar-refractivity contribution in [3.8, 4) is 0 Å². The van der Waals surface area contributed by atoms with Crippen molar-refractivity contribution in [3.05, 3.63) is 10.4 Å². The third kappa shape index (κ3) is 0.824. The normalized spacial score (nSPS) is 20.0. The second-order valence-electron chi connectivity index (χ2n) is 1.52. The summed E-state index contributed by atoms with van der Waals surface area (Å²) in [4.78, 5) is 2.64. The van der Waals surface area contributed by atoms with Crippen LogP contribution in [0.15, 0.2) is 5.11 Å². The molecule has 0 aromatic rings. The largest absolute Gasteiger partial charge is 0.316 e. The maximum absolute atomic E-state index is 7.83. The average Bonchev–Trinajstić information content (AvgIpc) is 1.55. The van der Waals surface area contributed by atoms with E-state index in [0.29, 0.717) is 0 Å². The maximum Gasteiger partial charge on any atom is 0.0623 e. The second-order valence-corrected chi connectivity index (χ2v) is 1.52. The fraction of sp³-hybridized carbons (Fsp3) is 1.00. The molecule has 1 rings (SSSR count). The Labute approximate surface area is 41.1 Å². The van der Waals surface area contributed by atoms with E-state index in [1.807, 2.05) is 0 Å². The van der Waals surface area contributed by atoms with E-state index >= 15 is 0 Å². The molecule has 1 fully saturated rings. The Morgan fingerprint density at radius 3 is 2.57 bits per heavy atom. The van der Waals surface area contributed by atoms with E-state index in [1.165, 1.54) is 0 Å². The highest BCUT2D eigenvalue weighted by molar-refractivity contribution is 4.81. The molecule has 1 saturated heterocycles. The van der Waals surface area contributed by atoms with Crippen molar-refractivity contribution in [3.63, 3.8) is 0 Å². The van der Waals surface area contributed by atoms with E-state index < -0.39 is 0 Å². The molecule has 7 heavy (non-hydrogen) atoms. The predicted molar refractivity (Wildman–Crippen MR) is 25.8 cm³/mol. The molecule has 1 aliphatic rings. The van der Waals surface area contributed by atoms with Gasteiger partial charge in [0.25, 0.3) is 0 Å². The molecule has 1 heterocycles. The van der Waals surface area contributed by atoms with Crippen LogP contribution < -0.4 is 5.32 Å². The minimum atomic E-state index is 0.227. The summed E-state index contributed by atoms with van der Waals surface area (Å²) in [7, 11) is 0. The zero-order chi connectivity index (χ0) is 5.11. The van der Waals surface area contributed by atoms with E-state index in [0.717, 1.165) is 13.1 Å². The Hall–Kier alpha value is -0.730. The van der Waals surface area contributed by atoms with Crippen LogP contribution in [0.5, 0.6) is 0 Å². The third-order valence-electron chi connectivity index (χ3n) is 0.975. The van der Waals surface area contributed by atoms with Crippen LogP contribution in [0.25, 0.3) is 10.4 Å². The van der Waals surface area contributed by atoms with Gasteiger partial charge < -0.3 is 5.32 Å². The monoisotopic (exact) mass is 98.1 g/mol. The van der Waals surface area contributed by atoms with Crippen LogP contribution in [0.4, 0.5) is 0 Å². The number of nitrogens with zero attached hydrogens (tertiary/aromatic N) is 3. The lowest BCUT2D eigenvalue weighted by molar-refractivity contribution is 0.444. The Balaban J connectivity index is 2.27. The fourth-order valence-corrected chi connectivity index (χ4v) is 0.428. The molecule has 0 unspecified atom stereocenters. The molecule has 38 valence electrons. The van der Waals surface area contributed by atoms with Crippen molar-refractivity contribution in [1.29, 1.82) is 0 Å². The number of hydrogen-bond acceptors (Lipinski definition) is 2. The molecule has 4 nitrogen and oxygen atoms in total. The summed E-state index contributed by atoms with van der Waals surface area (Å²) < 4.78 is 0. The molecule has 0 amide bonds. The van der Waals surface area contributed by atoms with E-state index in [4.69, 9.17) is 5.53 Å². The van der Waals surface area contributed by atoms with Crippen LogP contribution in [0.1, 0.15) is 0 Å². The molecule has 1 aliphatic heterocycles. The van der Waals surface area contributed by atoms with Crippen molar-refractivity contribution in [2.75, 3.05) is 13.1 Å². The van der Waals surface area contributed by atoms with Gasteiger partial charge in [0.15, 0.2) is 0 Å². The predicted octanol–water partition coefficient (Wildman–Crippen LogP) is 0.269. The molecule has 0 saturated carbocycles. The van der Waals surface area contributed by atoms with Gasteiger partial charge in [-0.25, -0.2) is 0 Å². The van der Waals surface area contributed by atoms with Gasteiger partial charge in [0.2, 0.25) is 0 Å². The van der Waals surface area contributed by atoms with Crippen LogP contribution in [0.3, 0.4) is 0 Å². The smallest absolute Gasteiger partial charge is 0.0623 e.